The molecule has 3 aromatic rings. The van der Waals surface area contributed by atoms with Gasteiger partial charge in [-0.05, 0) is 61.9 Å². The van der Waals surface area contributed by atoms with Gasteiger partial charge in [-0.25, -0.2) is 9.37 Å². The van der Waals surface area contributed by atoms with Crippen LogP contribution in [-0.2, 0) is 4.79 Å². The van der Waals surface area contributed by atoms with E-state index in [2.05, 4.69) is 5.32 Å². The Morgan fingerprint density at radius 3 is 2.36 bits per heavy atom. The quantitative estimate of drug-likeness (QED) is 0.409. The number of carbonyl (C=O) groups excluding carboxylic acids is 1. The molecule has 0 saturated heterocycles. The van der Waals surface area contributed by atoms with Gasteiger partial charge in [-0.15, -0.1) is 0 Å². The van der Waals surface area contributed by atoms with Crippen LogP contribution in [0.5, 0.6) is 0 Å². The van der Waals surface area contributed by atoms with Crippen LogP contribution in [0.3, 0.4) is 0 Å². The molecule has 1 atom stereocenters. The smallest absolute Gasteiger partial charge is 0.243 e. The molecule has 0 radical (unpaired) electrons. The maximum Gasteiger partial charge on any atom is 0.243 e. The van der Waals surface area contributed by atoms with Gasteiger partial charge >= 0.3 is 0 Å². The second kappa shape index (κ2) is 9.63. The van der Waals surface area contributed by atoms with Gasteiger partial charge in [0.2, 0.25) is 5.91 Å². The fourth-order valence-electron chi connectivity index (χ4n) is 5.52. The predicted octanol–water partition coefficient (Wildman–Crippen LogP) is 7.33. The lowest BCUT2D eigenvalue weighted by Crippen LogP contribution is -2.43. The Morgan fingerprint density at radius 2 is 1.67 bits per heavy atom. The van der Waals surface area contributed by atoms with Crippen molar-refractivity contribution in [2.24, 2.45) is 5.92 Å². The number of fused-ring (bicyclic) bond motifs is 1. The zero-order valence-corrected chi connectivity index (χ0v) is 20.0. The van der Waals surface area contributed by atoms with Gasteiger partial charge in [0.25, 0.3) is 0 Å². The van der Waals surface area contributed by atoms with Crippen molar-refractivity contribution in [2.75, 3.05) is 0 Å². The highest BCUT2D eigenvalue weighted by molar-refractivity contribution is 6.31. The van der Waals surface area contributed by atoms with Crippen molar-refractivity contribution in [1.82, 2.24) is 14.9 Å². The molecule has 1 heterocycles. The maximum atomic E-state index is 14.3. The Bertz CT molecular complexity index is 1150. The van der Waals surface area contributed by atoms with Crippen LogP contribution in [0.2, 0.25) is 10.0 Å². The number of benzene rings is 2. The van der Waals surface area contributed by atoms with E-state index in [1.165, 1.54) is 12.5 Å². The summed E-state index contributed by atoms with van der Waals surface area (Å²) in [5.74, 6) is 0.351. The first-order chi connectivity index (χ1) is 16.0. The van der Waals surface area contributed by atoms with Crippen LogP contribution in [0, 0.1) is 11.7 Å². The molecule has 2 aliphatic carbocycles. The van der Waals surface area contributed by atoms with Crippen LogP contribution in [0.25, 0.3) is 22.4 Å². The average molecular weight is 488 g/mol. The summed E-state index contributed by atoms with van der Waals surface area (Å²) in [6, 6.07) is 10.1. The van der Waals surface area contributed by atoms with Crippen molar-refractivity contribution in [2.45, 2.75) is 69.9 Å². The fourth-order valence-corrected chi connectivity index (χ4v) is 5.81. The molecule has 0 unspecified atom stereocenters. The molecule has 0 bridgehead atoms. The Balaban J connectivity index is 1.65. The molecule has 0 spiro atoms. The lowest BCUT2D eigenvalue weighted by molar-refractivity contribution is -0.126. The molecule has 1 aromatic heterocycles. The highest BCUT2D eigenvalue weighted by Gasteiger charge is 2.36. The molecule has 4 nitrogen and oxygen atoms in total. The minimum Gasteiger partial charge on any atom is -0.352 e. The van der Waals surface area contributed by atoms with E-state index in [1.807, 2.05) is 16.7 Å². The van der Waals surface area contributed by atoms with Gasteiger partial charge in [-0.3, -0.25) is 4.79 Å². The summed E-state index contributed by atoms with van der Waals surface area (Å²) in [6.45, 7) is 0. The molecular weight excluding hydrogens is 460 g/mol. The molecular formula is C26H28Cl2FN3O. The van der Waals surface area contributed by atoms with Crippen molar-refractivity contribution in [3.8, 4) is 11.4 Å². The van der Waals surface area contributed by atoms with Crippen molar-refractivity contribution < 1.29 is 9.18 Å². The third kappa shape index (κ3) is 4.63. The summed E-state index contributed by atoms with van der Waals surface area (Å²) < 4.78 is 16.3. The molecule has 0 aliphatic heterocycles. The number of rotatable bonds is 5. The predicted molar refractivity (Wildman–Crippen MR) is 131 cm³/mol. The van der Waals surface area contributed by atoms with Crippen LogP contribution < -0.4 is 5.32 Å². The molecule has 2 aliphatic rings. The molecule has 33 heavy (non-hydrogen) atoms. The first-order valence-corrected chi connectivity index (χ1v) is 12.7. The molecule has 2 aromatic carbocycles. The third-order valence-corrected chi connectivity index (χ3v) is 7.72. The number of halogens is 3. The maximum absolute atomic E-state index is 14.3. The van der Waals surface area contributed by atoms with Crippen LogP contribution in [-0.4, -0.2) is 21.5 Å². The zero-order chi connectivity index (χ0) is 22.9. The van der Waals surface area contributed by atoms with E-state index < -0.39 is 11.9 Å². The Kier molecular flexibility index (Phi) is 6.62. The molecule has 7 heteroatoms. The summed E-state index contributed by atoms with van der Waals surface area (Å²) in [7, 11) is 0. The highest BCUT2D eigenvalue weighted by Crippen LogP contribution is 2.40. The molecule has 1 N–H and O–H groups in total. The molecule has 1 amide bonds. The Labute approximate surface area is 203 Å². The molecule has 2 fully saturated rings. The van der Waals surface area contributed by atoms with Crippen LogP contribution >= 0.6 is 23.2 Å². The fraction of sp³-hybridized carbons (Fsp3) is 0.462. The van der Waals surface area contributed by atoms with Gasteiger partial charge in [-0.1, -0.05) is 55.3 Å². The van der Waals surface area contributed by atoms with Gasteiger partial charge in [0.15, 0.2) is 0 Å². The van der Waals surface area contributed by atoms with Gasteiger partial charge in [0, 0.05) is 22.7 Å². The van der Waals surface area contributed by atoms with Crippen molar-refractivity contribution in [3.05, 3.63) is 52.3 Å². The Morgan fingerprint density at radius 1 is 1.00 bits per heavy atom. The topological polar surface area (TPSA) is 46.9 Å². The number of hydrogen-bond donors (Lipinski definition) is 1. The lowest BCUT2D eigenvalue weighted by Gasteiger charge is -2.30. The summed E-state index contributed by atoms with van der Waals surface area (Å²) in [5, 5.41) is 4.00. The van der Waals surface area contributed by atoms with Crippen molar-refractivity contribution in [3.63, 3.8) is 0 Å². The van der Waals surface area contributed by atoms with E-state index in [-0.39, 0.29) is 22.9 Å². The lowest BCUT2D eigenvalue weighted by atomic mass is 9.93. The minimum absolute atomic E-state index is 0.0313. The number of hydrogen-bond acceptors (Lipinski definition) is 2. The zero-order valence-electron chi connectivity index (χ0n) is 18.5. The standard InChI is InChI=1S/C26H28Cl2FN3O/c27-18-12-10-17(11-13-18)25-31-22-15-21(29)20(28)14-23(22)32(25)24(16-6-4-5-7-16)26(33)30-19-8-2-1-3-9-19/h10-16,19,24H,1-9H2,(H,30,33)/t24-/m0/s1. The second-order valence-corrected chi connectivity index (χ2v) is 10.2. The van der Waals surface area contributed by atoms with Crippen LogP contribution in [0.15, 0.2) is 36.4 Å². The third-order valence-electron chi connectivity index (χ3n) is 7.18. The monoisotopic (exact) mass is 487 g/mol. The van der Waals surface area contributed by atoms with Crippen molar-refractivity contribution >= 4 is 40.1 Å². The molecule has 174 valence electrons. The largest absolute Gasteiger partial charge is 0.352 e. The summed E-state index contributed by atoms with van der Waals surface area (Å²) in [6.07, 6.45) is 9.76. The van der Waals surface area contributed by atoms with Gasteiger partial charge in [-0.2, -0.15) is 0 Å². The van der Waals surface area contributed by atoms with E-state index >= 15 is 0 Å². The summed E-state index contributed by atoms with van der Waals surface area (Å²) in [4.78, 5) is 18.6. The number of amides is 1. The van der Waals surface area contributed by atoms with Crippen LogP contribution in [0.4, 0.5) is 4.39 Å². The highest BCUT2D eigenvalue weighted by atomic mass is 35.5. The summed E-state index contributed by atoms with van der Waals surface area (Å²) in [5.41, 5.74) is 2.01. The number of imidazole rings is 1. The first kappa shape index (κ1) is 22.7. The van der Waals surface area contributed by atoms with Gasteiger partial charge < -0.3 is 9.88 Å². The average Bonchev–Trinajstić information content (AvgIpc) is 3.45. The normalized spacial score (nSPS) is 18.6. The first-order valence-electron chi connectivity index (χ1n) is 11.9. The summed E-state index contributed by atoms with van der Waals surface area (Å²) >= 11 is 12.3. The second-order valence-electron chi connectivity index (χ2n) is 9.40. The van der Waals surface area contributed by atoms with Gasteiger partial charge in [0.05, 0.1) is 16.1 Å². The Hall–Kier alpha value is -2.11. The van der Waals surface area contributed by atoms with Crippen LogP contribution in [0.1, 0.15) is 63.8 Å². The molecule has 2 saturated carbocycles. The van der Waals surface area contributed by atoms with Gasteiger partial charge in [0.1, 0.15) is 17.7 Å². The number of aromatic nitrogens is 2. The number of nitrogens with zero attached hydrogens (tertiary/aromatic N) is 2. The SMILES string of the molecule is O=C(NC1CCCCC1)[C@H](C1CCCC1)n1c(-c2ccc(Cl)cc2)nc2cc(F)c(Cl)cc21. The molecule has 5 rings (SSSR count). The van der Waals surface area contributed by atoms with E-state index in [4.69, 9.17) is 28.2 Å². The number of nitrogens with one attached hydrogen (secondary N) is 1. The van der Waals surface area contributed by atoms with E-state index in [9.17, 15) is 9.18 Å². The van der Waals surface area contributed by atoms with Crippen molar-refractivity contribution in [1.29, 1.82) is 0 Å². The number of carbonyl (C=O) groups is 1. The minimum atomic E-state index is -0.513. The van der Waals surface area contributed by atoms with E-state index in [0.717, 1.165) is 56.9 Å². The van der Waals surface area contributed by atoms with E-state index in [1.54, 1.807) is 18.2 Å². The van der Waals surface area contributed by atoms with E-state index in [0.29, 0.717) is 21.9 Å².